The van der Waals surface area contributed by atoms with Gasteiger partial charge in [0.2, 0.25) is 11.8 Å². The van der Waals surface area contributed by atoms with E-state index in [2.05, 4.69) is 10.6 Å². The molecular formula is C19H22N2O4. The molecule has 2 aromatic carbocycles. The minimum absolute atomic E-state index is 0.290. The van der Waals surface area contributed by atoms with E-state index in [0.29, 0.717) is 22.9 Å². The molecule has 0 fully saturated rings. The van der Waals surface area contributed by atoms with Crippen molar-refractivity contribution < 1.29 is 19.1 Å². The van der Waals surface area contributed by atoms with Gasteiger partial charge >= 0.3 is 0 Å². The molecule has 2 aromatic rings. The van der Waals surface area contributed by atoms with Crippen LogP contribution in [0.2, 0.25) is 0 Å². The summed E-state index contributed by atoms with van der Waals surface area (Å²) in [6.45, 7) is 3.90. The Morgan fingerprint density at radius 1 is 0.880 bits per heavy atom. The quantitative estimate of drug-likeness (QED) is 0.790. The maximum absolute atomic E-state index is 12.1. The third-order valence-electron chi connectivity index (χ3n) is 3.51. The molecule has 132 valence electrons. The Bertz CT molecular complexity index is 767. The van der Waals surface area contributed by atoms with Gasteiger partial charge in [0.25, 0.3) is 0 Å². The Morgan fingerprint density at radius 2 is 1.52 bits per heavy atom. The van der Waals surface area contributed by atoms with Crippen LogP contribution in [0.4, 0.5) is 11.4 Å². The van der Waals surface area contributed by atoms with Crippen molar-refractivity contribution in [1.29, 1.82) is 0 Å². The fourth-order valence-corrected chi connectivity index (χ4v) is 2.49. The molecule has 0 saturated carbocycles. The number of hydrogen-bond donors (Lipinski definition) is 2. The smallest absolute Gasteiger partial charge is 0.233 e. The maximum Gasteiger partial charge on any atom is 0.233 e. The Labute approximate surface area is 147 Å². The van der Waals surface area contributed by atoms with Crippen molar-refractivity contribution in [1.82, 2.24) is 0 Å². The maximum atomic E-state index is 12.1. The van der Waals surface area contributed by atoms with Gasteiger partial charge < -0.3 is 20.1 Å². The lowest BCUT2D eigenvalue weighted by Gasteiger charge is -2.12. The van der Waals surface area contributed by atoms with E-state index in [1.807, 2.05) is 32.0 Å². The highest BCUT2D eigenvalue weighted by Gasteiger charge is 2.13. The van der Waals surface area contributed by atoms with Crippen molar-refractivity contribution in [2.75, 3.05) is 24.9 Å². The highest BCUT2D eigenvalue weighted by molar-refractivity contribution is 6.08. The lowest BCUT2D eigenvalue weighted by atomic mass is 10.1. The van der Waals surface area contributed by atoms with Crippen LogP contribution in [0.3, 0.4) is 0 Å². The number of carbonyl (C=O) groups excluding carboxylic acids is 2. The molecule has 2 amide bonds. The second-order valence-corrected chi connectivity index (χ2v) is 5.72. The van der Waals surface area contributed by atoms with E-state index in [0.717, 1.165) is 11.1 Å². The molecular weight excluding hydrogens is 320 g/mol. The van der Waals surface area contributed by atoms with Crippen molar-refractivity contribution in [2.24, 2.45) is 0 Å². The molecule has 0 atom stereocenters. The lowest BCUT2D eigenvalue weighted by molar-refractivity contribution is -0.123. The number of nitrogens with one attached hydrogen (secondary N) is 2. The van der Waals surface area contributed by atoms with Crippen LogP contribution in [0, 0.1) is 13.8 Å². The summed E-state index contributed by atoms with van der Waals surface area (Å²) in [7, 11) is 3.04. The zero-order valence-electron chi connectivity index (χ0n) is 14.8. The molecule has 25 heavy (non-hydrogen) atoms. The highest BCUT2D eigenvalue weighted by atomic mass is 16.5. The average molecular weight is 342 g/mol. The van der Waals surface area contributed by atoms with E-state index in [-0.39, 0.29) is 12.3 Å². The van der Waals surface area contributed by atoms with Crippen LogP contribution in [0.1, 0.15) is 17.5 Å². The van der Waals surface area contributed by atoms with Gasteiger partial charge in [0.15, 0.2) is 0 Å². The van der Waals surface area contributed by atoms with Gasteiger partial charge in [0.05, 0.1) is 19.9 Å². The van der Waals surface area contributed by atoms with Crippen LogP contribution in [-0.4, -0.2) is 26.0 Å². The van der Waals surface area contributed by atoms with Gasteiger partial charge in [-0.05, 0) is 49.2 Å². The summed E-state index contributed by atoms with van der Waals surface area (Å²) >= 11 is 0. The second-order valence-electron chi connectivity index (χ2n) is 5.72. The first-order valence-electron chi connectivity index (χ1n) is 7.81. The summed E-state index contributed by atoms with van der Waals surface area (Å²) in [5, 5.41) is 5.41. The van der Waals surface area contributed by atoms with E-state index in [4.69, 9.17) is 9.47 Å². The molecule has 0 bridgehead atoms. The number of benzene rings is 2. The van der Waals surface area contributed by atoms with Gasteiger partial charge in [-0.1, -0.05) is 6.07 Å². The van der Waals surface area contributed by atoms with Gasteiger partial charge in [-0.15, -0.1) is 0 Å². The number of aryl methyl sites for hydroxylation is 2. The summed E-state index contributed by atoms with van der Waals surface area (Å²) in [6.07, 6.45) is -0.290. The molecule has 0 saturated heterocycles. The molecule has 0 unspecified atom stereocenters. The minimum atomic E-state index is -0.426. The largest absolute Gasteiger partial charge is 0.497 e. The van der Waals surface area contributed by atoms with Crippen molar-refractivity contribution in [2.45, 2.75) is 20.3 Å². The SMILES string of the molecule is COc1ccc(NC(=O)CC(=O)Nc2cc(C)cc(C)c2)c(OC)c1. The molecule has 2 N–H and O–H groups in total. The third kappa shape index (κ3) is 5.24. The standard InChI is InChI=1S/C19H22N2O4/c1-12-7-13(2)9-14(8-12)20-18(22)11-19(23)21-16-6-5-15(24-3)10-17(16)25-4/h5-10H,11H2,1-4H3,(H,20,22)(H,21,23). The minimum Gasteiger partial charge on any atom is -0.497 e. The van der Waals surface area contributed by atoms with E-state index >= 15 is 0 Å². The van der Waals surface area contributed by atoms with E-state index < -0.39 is 5.91 Å². The van der Waals surface area contributed by atoms with Crippen LogP contribution in [0.5, 0.6) is 11.5 Å². The average Bonchev–Trinajstić information content (AvgIpc) is 2.53. The Hall–Kier alpha value is -3.02. The van der Waals surface area contributed by atoms with Gasteiger partial charge in [0.1, 0.15) is 17.9 Å². The number of rotatable bonds is 6. The van der Waals surface area contributed by atoms with Crippen LogP contribution >= 0.6 is 0 Å². The number of hydrogen-bond acceptors (Lipinski definition) is 4. The molecule has 0 radical (unpaired) electrons. The van der Waals surface area contributed by atoms with Crippen LogP contribution in [0.15, 0.2) is 36.4 Å². The Balaban J connectivity index is 1.99. The van der Waals surface area contributed by atoms with E-state index in [1.165, 1.54) is 7.11 Å². The summed E-state index contributed by atoms with van der Waals surface area (Å²) in [5.41, 5.74) is 3.25. The molecule has 0 aliphatic heterocycles. The molecule has 0 aliphatic carbocycles. The first kappa shape index (κ1) is 18.3. The number of anilines is 2. The lowest BCUT2D eigenvalue weighted by Crippen LogP contribution is -2.21. The molecule has 2 rings (SSSR count). The summed E-state index contributed by atoms with van der Waals surface area (Å²) in [4.78, 5) is 24.2. The number of carbonyl (C=O) groups is 2. The predicted octanol–water partition coefficient (Wildman–Crippen LogP) is 3.29. The Morgan fingerprint density at radius 3 is 2.12 bits per heavy atom. The molecule has 6 nitrogen and oxygen atoms in total. The van der Waals surface area contributed by atoms with Gasteiger partial charge in [0, 0.05) is 11.8 Å². The van der Waals surface area contributed by atoms with Crippen LogP contribution in [0.25, 0.3) is 0 Å². The van der Waals surface area contributed by atoms with Crippen molar-refractivity contribution in [3.05, 3.63) is 47.5 Å². The first-order valence-corrected chi connectivity index (χ1v) is 7.81. The fraction of sp³-hybridized carbons (Fsp3) is 0.263. The highest BCUT2D eigenvalue weighted by Crippen LogP contribution is 2.29. The van der Waals surface area contributed by atoms with Crippen molar-refractivity contribution in [3.63, 3.8) is 0 Å². The van der Waals surface area contributed by atoms with Crippen LogP contribution in [-0.2, 0) is 9.59 Å². The normalized spacial score (nSPS) is 10.1. The van der Waals surface area contributed by atoms with Crippen molar-refractivity contribution >= 4 is 23.2 Å². The van der Waals surface area contributed by atoms with E-state index in [1.54, 1.807) is 25.3 Å². The molecule has 0 aliphatic rings. The topological polar surface area (TPSA) is 76.7 Å². The Kier molecular flexibility index (Phi) is 6.00. The first-order chi connectivity index (χ1) is 11.9. The fourth-order valence-electron chi connectivity index (χ4n) is 2.49. The zero-order valence-corrected chi connectivity index (χ0v) is 14.8. The zero-order chi connectivity index (χ0) is 18.4. The number of ether oxygens (including phenoxy) is 2. The third-order valence-corrected chi connectivity index (χ3v) is 3.51. The summed E-state index contributed by atoms with van der Waals surface area (Å²) in [5.74, 6) is 0.269. The second kappa shape index (κ2) is 8.19. The molecule has 0 aromatic heterocycles. The van der Waals surface area contributed by atoms with Crippen molar-refractivity contribution in [3.8, 4) is 11.5 Å². The molecule has 0 spiro atoms. The number of methoxy groups -OCH3 is 2. The molecule has 6 heteroatoms. The predicted molar refractivity (Wildman–Crippen MR) is 97.3 cm³/mol. The number of amides is 2. The summed E-state index contributed by atoms with van der Waals surface area (Å²) in [6, 6.07) is 10.7. The molecule has 0 heterocycles. The van der Waals surface area contributed by atoms with Crippen LogP contribution < -0.4 is 20.1 Å². The van der Waals surface area contributed by atoms with E-state index in [9.17, 15) is 9.59 Å². The summed E-state index contributed by atoms with van der Waals surface area (Å²) < 4.78 is 10.3. The van der Waals surface area contributed by atoms with Gasteiger partial charge in [-0.3, -0.25) is 9.59 Å². The van der Waals surface area contributed by atoms with Gasteiger partial charge in [-0.2, -0.15) is 0 Å². The monoisotopic (exact) mass is 342 g/mol. The van der Waals surface area contributed by atoms with Gasteiger partial charge in [-0.25, -0.2) is 0 Å².